The Kier molecular flexibility index (Phi) is 5.70. The van der Waals surface area contributed by atoms with E-state index in [1.807, 2.05) is 18.7 Å². The molecule has 0 radical (unpaired) electrons. The lowest BCUT2D eigenvalue weighted by atomic mass is 9.82. The van der Waals surface area contributed by atoms with Gasteiger partial charge in [0.15, 0.2) is 5.78 Å². The second-order valence-electron chi connectivity index (χ2n) is 10.9. The van der Waals surface area contributed by atoms with Gasteiger partial charge in [-0.2, -0.15) is 0 Å². The standard InChI is InChI=1S/C32H33NO3/c1-19-14-20(2)30(21(3)15-19)31(34)22-16-23-12-13-24(17-22)33(23)32(35)36-18-29-27-10-6-4-8-25(27)26-9-5-7-11-28(26)29/h4-11,14-15,22-24,29H,12-13,16-18H2,1-3H3. The number of carbonyl (C=O) groups is 2. The molecule has 0 saturated carbocycles. The second-order valence-corrected chi connectivity index (χ2v) is 10.9. The highest BCUT2D eigenvalue weighted by molar-refractivity contribution is 6.00. The van der Waals surface area contributed by atoms with Crippen molar-refractivity contribution in [3.8, 4) is 11.1 Å². The van der Waals surface area contributed by atoms with Crippen LogP contribution in [0.3, 0.4) is 0 Å². The van der Waals surface area contributed by atoms with Crippen LogP contribution in [-0.4, -0.2) is 35.5 Å². The SMILES string of the molecule is Cc1cc(C)c(C(=O)C2CC3CCC(C2)N3C(=O)OCC2c3ccccc3-c3ccccc32)c(C)c1. The molecule has 2 fully saturated rings. The minimum atomic E-state index is -0.224. The molecule has 2 atom stereocenters. The number of piperidine rings is 1. The Labute approximate surface area is 213 Å². The predicted octanol–water partition coefficient (Wildman–Crippen LogP) is 6.99. The average molecular weight is 480 g/mol. The van der Waals surface area contributed by atoms with Gasteiger partial charge in [0.2, 0.25) is 0 Å². The van der Waals surface area contributed by atoms with Crippen LogP contribution in [0.15, 0.2) is 60.7 Å². The summed E-state index contributed by atoms with van der Waals surface area (Å²) in [6, 6.07) is 21.2. The number of rotatable bonds is 4. The maximum atomic E-state index is 13.5. The molecule has 2 saturated heterocycles. The molecule has 2 aliphatic heterocycles. The van der Waals surface area contributed by atoms with Crippen molar-refractivity contribution in [2.75, 3.05) is 6.61 Å². The molecular weight excluding hydrogens is 446 g/mol. The van der Waals surface area contributed by atoms with Gasteiger partial charge in [0, 0.05) is 29.5 Å². The van der Waals surface area contributed by atoms with E-state index in [2.05, 4.69) is 67.6 Å². The molecule has 2 heterocycles. The fraction of sp³-hybridized carbons (Fsp3) is 0.375. The second kappa shape index (κ2) is 8.92. The first-order valence-corrected chi connectivity index (χ1v) is 13.2. The summed E-state index contributed by atoms with van der Waals surface area (Å²) in [7, 11) is 0. The third-order valence-corrected chi connectivity index (χ3v) is 8.57. The highest BCUT2D eigenvalue weighted by Crippen LogP contribution is 2.45. The minimum Gasteiger partial charge on any atom is -0.448 e. The number of fused-ring (bicyclic) bond motifs is 5. The molecular formula is C32H33NO3. The number of hydrogen-bond acceptors (Lipinski definition) is 3. The molecule has 6 rings (SSSR count). The van der Waals surface area contributed by atoms with Crippen LogP contribution >= 0.6 is 0 Å². The molecule has 184 valence electrons. The van der Waals surface area contributed by atoms with Crippen LogP contribution in [0.1, 0.15) is 69.8 Å². The largest absolute Gasteiger partial charge is 0.448 e. The third-order valence-electron chi connectivity index (χ3n) is 8.57. The Morgan fingerprint density at radius 1 is 0.833 bits per heavy atom. The molecule has 0 N–H and O–H groups in total. The maximum Gasteiger partial charge on any atom is 0.410 e. The summed E-state index contributed by atoms with van der Waals surface area (Å²) in [4.78, 5) is 28.8. The highest BCUT2D eigenvalue weighted by Gasteiger charge is 2.46. The van der Waals surface area contributed by atoms with Crippen LogP contribution in [0, 0.1) is 26.7 Å². The van der Waals surface area contributed by atoms with Gasteiger partial charge in [0.25, 0.3) is 0 Å². The summed E-state index contributed by atoms with van der Waals surface area (Å²) < 4.78 is 5.99. The number of nitrogens with zero attached hydrogens (tertiary/aromatic N) is 1. The first-order chi connectivity index (χ1) is 17.4. The Morgan fingerprint density at radius 3 is 1.92 bits per heavy atom. The molecule has 2 bridgehead atoms. The number of Topliss-reactive ketones (excluding diaryl/α,β-unsaturated/α-hetero) is 1. The fourth-order valence-electron chi connectivity index (χ4n) is 7.13. The maximum absolute atomic E-state index is 13.5. The zero-order valence-electron chi connectivity index (χ0n) is 21.3. The Morgan fingerprint density at radius 2 is 1.36 bits per heavy atom. The number of amides is 1. The summed E-state index contributed by atoms with van der Waals surface area (Å²) >= 11 is 0. The van der Waals surface area contributed by atoms with Gasteiger partial charge in [-0.05, 0) is 79.8 Å². The Hall–Kier alpha value is -3.40. The Bertz CT molecular complexity index is 1280. The molecule has 0 spiro atoms. The highest BCUT2D eigenvalue weighted by atomic mass is 16.6. The van der Waals surface area contributed by atoms with Gasteiger partial charge in [0.1, 0.15) is 6.61 Å². The number of ether oxygens (including phenoxy) is 1. The van der Waals surface area contributed by atoms with Crippen LogP contribution in [-0.2, 0) is 4.74 Å². The fourth-order valence-corrected chi connectivity index (χ4v) is 7.13. The van der Waals surface area contributed by atoms with E-state index in [4.69, 9.17) is 4.74 Å². The van der Waals surface area contributed by atoms with E-state index in [1.54, 1.807) is 0 Å². The summed E-state index contributed by atoms with van der Waals surface area (Å²) in [5.41, 5.74) is 9.09. The van der Waals surface area contributed by atoms with Gasteiger partial charge in [0.05, 0.1) is 0 Å². The first-order valence-electron chi connectivity index (χ1n) is 13.2. The van der Waals surface area contributed by atoms with Crippen molar-refractivity contribution in [3.05, 3.63) is 94.0 Å². The molecule has 1 aliphatic carbocycles. The van der Waals surface area contributed by atoms with E-state index in [-0.39, 0.29) is 35.8 Å². The van der Waals surface area contributed by atoms with Crippen LogP contribution in [0.25, 0.3) is 11.1 Å². The molecule has 36 heavy (non-hydrogen) atoms. The average Bonchev–Trinajstić information content (AvgIpc) is 3.32. The lowest BCUT2D eigenvalue weighted by Crippen LogP contribution is -2.48. The van der Waals surface area contributed by atoms with E-state index in [9.17, 15) is 9.59 Å². The molecule has 3 aromatic rings. The Balaban J connectivity index is 1.16. The van der Waals surface area contributed by atoms with Crippen molar-refractivity contribution >= 4 is 11.9 Å². The molecule has 1 amide bonds. The summed E-state index contributed by atoms with van der Waals surface area (Å²) in [5, 5.41) is 0. The van der Waals surface area contributed by atoms with E-state index in [0.29, 0.717) is 6.61 Å². The first kappa shape index (κ1) is 23.0. The lowest BCUT2D eigenvalue weighted by molar-refractivity contribution is 0.0505. The smallest absolute Gasteiger partial charge is 0.410 e. The van der Waals surface area contributed by atoms with Crippen LogP contribution in [0.4, 0.5) is 4.79 Å². The van der Waals surface area contributed by atoms with Crippen molar-refractivity contribution < 1.29 is 14.3 Å². The van der Waals surface area contributed by atoms with Crippen LogP contribution in [0.5, 0.6) is 0 Å². The third kappa shape index (κ3) is 3.75. The lowest BCUT2D eigenvalue weighted by Gasteiger charge is -2.38. The number of carbonyl (C=O) groups excluding carboxylic acids is 2. The number of benzene rings is 3. The van der Waals surface area contributed by atoms with Crippen LogP contribution in [0.2, 0.25) is 0 Å². The van der Waals surface area contributed by atoms with E-state index in [0.717, 1.165) is 42.4 Å². The van der Waals surface area contributed by atoms with E-state index >= 15 is 0 Å². The number of hydrogen-bond donors (Lipinski definition) is 0. The van der Waals surface area contributed by atoms with Gasteiger partial charge in [-0.25, -0.2) is 4.79 Å². The van der Waals surface area contributed by atoms with Gasteiger partial charge >= 0.3 is 6.09 Å². The molecule has 4 heteroatoms. The topological polar surface area (TPSA) is 46.6 Å². The van der Waals surface area contributed by atoms with Crippen molar-refractivity contribution in [1.29, 1.82) is 0 Å². The van der Waals surface area contributed by atoms with Crippen molar-refractivity contribution in [2.24, 2.45) is 5.92 Å². The molecule has 4 nitrogen and oxygen atoms in total. The summed E-state index contributed by atoms with van der Waals surface area (Å²) in [6.45, 7) is 6.48. The molecule has 3 aliphatic rings. The van der Waals surface area contributed by atoms with Gasteiger partial charge in [-0.1, -0.05) is 66.2 Å². The zero-order chi connectivity index (χ0) is 25.0. The van der Waals surface area contributed by atoms with Gasteiger partial charge < -0.3 is 9.64 Å². The molecule has 0 aromatic heterocycles. The number of ketones is 1. The predicted molar refractivity (Wildman–Crippen MR) is 141 cm³/mol. The van der Waals surface area contributed by atoms with Crippen molar-refractivity contribution in [2.45, 2.75) is 64.5 Å². The molecule has 3 aromatic carbocycles. The number of aryl methyl sites for hydroxylation is 3. The normalized spacial score (nSPS) is 22.3. The minimum absolute atomic E-state index is 0.0276. The van der Waals surface area contributed by atoms with Gasteiger partial charge in [-0.15, -0.1) is 0 Å². The van der Waals surface area contributed by atoms with Crippen molar-refractivity contribution in [3.63, 3.8) is 0 Å². The van der Waals surface area contributed by atoms with Crippen LogP contribution < -0.4 is 0 Å². The molecule has 2 unspecified atom stereocenters. The summed E-state index contributed by atoms with van der Waals surface area (Å²) in [5.74, 6) is 0.278. The van der Waals surface area contributed by atoms with E-state index in [1.165, 1.54) is 27.8 Å². The quantitative estimate of drug-likeness (QED) is 0.379. The zero-order valence-corrected chi connectivity index (χ0v) is 21.3. The summed E-state index contributed by atoms with van der Waals surface area (Å²) in [6.07, 6.45) is 3.13. The monoisotopic (exact) mass is 479 g/mol. The van der Waals surface area contributed by atoms with Crippen molar-refractivity contribution in [1.82, 2.24) is 4.90 Å². The van der Waals surface area contributed by atoms with Gasteiger partial charge in [-0.3, -0.25) is 4.79 Å². The van der Waals surface area contributed by atoms with E-state index < -0.39 is 0 Å².